The normalized spacial score (nSPS) is 11.0. The molecule has 0 bridgehead atoms. The Morgan fingerprint density at radius 3 is 2.30 bits per heavy atom. The lowest BCUT2D eigenvalue weighted by Crippen LogP contribution is -2.37. The van der Waals surface area contributed by atoms with Crippen LogP contribution >= 0.6 is 0 Å². The maximum absolute atomic E-state index is 12.6. The fourth-order valence-electron chi connectivity index (χ4n) is 3.33. The van der Waals surface area contributed by atoms with E-state index in [4.69, 9.17) is 0 Å². The van der Waals surface area contributed by atoms with Crippen LogP contribution in [0.25, 0.3) is 11.0 Å². The van der Waals surface area contributed by atoms with E-state index in [0.717, 1.165) is 21.3 Å². The second-order valence-electron chi connectivity index (χ2n) is 6.83. The number of hydrogen-bond donors (Lipinski definition) is 1. The van der Waals surface area contributed by atoms with E-state index in [1.54, 1.807) is 0 Å². The van der Waals surface area contributed by atoms with Crippen molar-refractivity contribution in [3.8, 4) is 0 Å². The Labute approximate surface area is 156 Å². The van der Waals surface area contributed by atoms with Crippen LogP contribution in [0.4, 0.5) is 0 Å². The molecule has 1 amide bonds. The molecule has 0 aliphatic carbocycles. The Hall–Kier alpha value is -3.22. The summed E-state index contributed by atoms with van der Waals surface area (Å²) in [5.41, 5.74) is 3.92. The van der Waals surface area contributed by atoms with Crippen LogP contribution in [-0.2, 0) is 20.6 Å². The zero-order chi connectivity index (χ0) is 19.9. The molecule has 0 saturated heterocycles. The monoisotopic (exact) mass is 366 g/mol. The molecular formula is C20H22N4O3. The number of carbonyl (C=O) groups is 1. The first-order valence-electron chi connectivity index (χ1n) is 8.62. The van der Waals surface area contributed by atoms with Crippen molar-refractivity contribution >= 4 is 16.9 Å². The summed E-state index contributed by atoms with van der Waals surface area (Å²) in [5, 5.41) is 3.16. The van der Waals surface area contributed by atoms with Crippen molar-refractivity contribution < 1.29 is 4.79 Å². The molecule has 2 heterocycles. The number of nitrogens with one attached hydrogen (secondary N) is 1. The molecule has 0 unspecified atom stereocenters. The first-order valence-corrected chi connectivity index (χ1v) is 8.62. The van der Waals surface area contributed by atoms with Crippen LogP contribution in [0.15, 0.2) is 33.9 Å². The molecule has 0 atom stereocenters. The average molecular weight is 366 g/mol. The van der Waals surface area contributed by atoms with Gasteiger partial charge < -0.3 is 5.32 Å². The van der Waals surface area contributed by atoms with Gasteiger partial charge in [0.1, 0.15) is 11.3 Å². The third-order valence-electron chi connectivity index (χ3n) is 4.80. The van der Waals surface area contributed by atoms with E-state index in [1.165, 1.54) is 36.4 Å². The van der Waals surface area contributed by atoms with Crippen LogP contribution in [0.5, 0.6) is 0 Å². The molecule has 2 aromatic heterocycles. The Morgan fingerprint density at radius 1 is 1.04 bits per heavy atom. The molecule has 3 rings (SSSR count). The van der Waals surface area contributed by atoms with Gasteiger partial charge in [-0.25, -0.2) is 9.78 Å². The molecule has 1 aromatic carbocycles. The highest BCUT2D eigenvalue weighted by molar-refractivity contribution is 5.94. The Morgan fingerprint density at radius 2 is 1.67 bits per heavy atom. The number of hydrogen-bond acceptors (Lipinski definition) is 4. The van der Waals surface area contributed by atoms with Gasteiger partial charge in [0.15, 0.2) is 0 Å². The minimum atomic E-state index is -0.483. The maximum atomic E-state index is 12.6. The average Bonchev–Trinajstić information content (AvgIpc) is 2.63. The van der Waals surface area contributed by atoms with E-state index in [9.17, 15) is 14.4 Å². The lowest BCUT2D eigenvalue weighted by molar-refractivity contribution is 0.0946. The predicted octanol–water partition coefficient (Wildman–Crippen LogP) is 1.49. The van der Waals surface area contributed by atoms with Gasteiger partial charge in [-0.3, -0.25) is 18.7 Å². The van der Waals surface area contributed by atoms with Gasteiger partial charge in [-0.05, 0) is 49.6 Å². The number of aryl methyl sites for hydroxylation is 4. The van der Waals surface area contributed by atoms with Crippen molar-refractivity contribution in [2.75, 3.05) is 0 Å². The third-order valence-corrected chi connectivity index (χ3v) is 4.80. The highest BCUT2D eigenvalue weighted by Crippen LogP contribution is 2.16. The standard InChI is InChI=1S/C20H22N4O3/c1-11-8-12(2)15(13(3)9-11)10-21-18(25)16-7-6-14-17(22-16)23(4)20(27)24(5)19(14)26/h6-9H,10H2,1-5H3,(H,21,25). The highest BCUT2D eigenvalue weighted by atomic mass is 16.2. The first kappa shape index (κ1) is 18.6. The number of aromatic nitrogens is 3. The van der Waals surface area contributed by atoms with Crippen LogP contribution in [-0.4, -0.2) is 20.0 Å². The molecule has 0 aliphatic rings. The summed E-state index contributed by atoms with van der Waals surface area (Å²) in [4.78, 5) is 41.1. The van der Waals surface area contributed by atoms with Crippen molar-refractivity contribution in [3.63, 3.8) is 0 Å². The fourth-order valence-corrected chi connectivity index (χ4v) is 3.33. The van der Waals surface area contributed by atoms with Crippen molar-refractivity contribution in [2.45, 2.75) is 27.3 Å². The summed E-state index contributed by atoms with van der Waals surface area (Å²) < 4.78 is 2.29. The number of amides is 1. The van der Waals surface area contributed by atoms with E-state index in [1.807, 2.05) is 20.8 Å². The first-order chi connectivity index (χ1) is 12.7. The number of rotatable bonds is 3. The predicted molar refractivity (Wildman–Crippen MR) is 104 cm³/mol. The molecule has 0 radical (unpaired) electrons. The molecule has 0 fully saturated rings. The summed E-state index contributed by atoms with van der Waals surface area (Å²) in [6.45, 7) is 6.45. The van der Waals surface area contributed by atoms with Gasteiger partial charge >= 0.3 is 5.69 Å². The molecule has 1 N–H and O–H groups in total. The zero-order valence-corrected chi connectivity index (χ0v) is 16.1. The summed E-state index contributed by atoms with van der Waals surface area (Å²) in [6, 6.07) is 7.18. The van der Waals surface area contributed by atoms with E-state index in [-0.39, 0.29) is 17.2 Å². The number of fused-ring (bicyclic) bond motifs is 1. The largest absolute Gasteiger partial charge is 0.347 e. The summed E-state index contributed by atoms with van der Waals surface area (Å²) in [5.74, 6) is -0.357. The minimum Gasteiger partial charge on any atom is -0.347 e. The summed E-state index contributed by atoms with van der Waals surface area (Å²) in [6.07, 6.45) is 0. The minimum absolute atomic E-state index is 0.160. The molecule has 0 saturated carbocycles. The van der Waals surface area contributed by atoms with Gasteiger partial charge in [0, 0.05) is 20.6 Å². The molecule has 7 heteroatoms. The van der Waals surface area contributed by atoms with Gasteiger partial charge in [-0.2, -0.15) is 0 Å². The van der Waals surface area contributed by atoms with Crippen molar-refractivity contribution in [1.82, 2.24) is 19.4 Å². The molecule has 140 valence electrons. The molecule has 0 aliphatic heterocycles. The fraction of sp³-hybridized carbons (Fsp3) is 0.300. The van der Waals surface area contributed by atoms with Gasteiger partial charge in [-0.1, -0.05) is 17.7 Å². The van der Waals surface area contributed by atoms with Crippen LogP contribution < -0.4 is 16.6 Å². The van der Waals surface area contributed by atoms with Crippen molar-refractivity contribution in [2.24, 2.45) is 14.1 Å². The quantitative estimate of drug-likeness (QED) is 0.761. The van der Waals surface area contributed by atoms with Crippen LogP contribution in [0.3, 0.4) is 0 Å². The molecule has 0 spiro atoms. The lowest BCUT2D eigenvalue weighted by atomic mass is 10.00. The number of nitrogens with zero attached hydrogens (tertiary/aromatic N) is 3. The highest BCUT2D eigenvalue weighted by Gasteiger charge is 2.14. The van der Waals surface area contributed by atoms with E-state index >= 15 is 0 Å². The smallest absolute Gasteiger partial charge is 0.332 e. The van der Waals surface area contributed by atoms with E-state index in [2.05, 4.69) is 22.4 Å². The van der Waals surface area contributed by atoms with Gasteiger partial charge in [0.25, 0.3) is 11.5 Å². The van der Waals surface area contributed by atoms with Crippen molar-refractivity contribution in [1.29, 1.82) is 0 Å². The number of carbonyl (C=O) groups excluding carboxylic acids is 1. The second kappa shape index (κ2) is 6.83. The number of benzene rings is 1. The van der Waals surface area contributed by atoms with E-state index < -0.39 is 11.2 Å². The SMILES string of the molecule is Cc1cc(C)c(CNC(=O)c2ccc3c(=O)n(C)c(=O)n(C)c3n2)c(C)c1. The summed E-state index contributed by atoms with van der Waals surface area (Å²) >= 11 is 0. The number of pyridine rings is 1. The van der Waals surface area contributed by atoms with Gasteiger partial charge in [0.05, 0.1) is 5.39 Å². The van der Waals surface area contributed by atoms with Gasteiger partial charge in [0.2, 0.25) is 0 Å². The molecular weight excluding hydrogens is 344 g/mol. The molecule has 7 nitrogen and oxygen atoms in total. The third kappa shape index (κ3) is 3.28. The topological polar surface area (TPSA) is 86.0 Å². The van der Waals surface area contributed by atoms with Crippen LogP contribution in [0.2, 0.25) is 0 Å². The van der Waals surface area contributed by atoms with Crippen LogP contribution in [0, 0.1) is 20.8 Å². The van der Waals surface area contributed by atoms with Gasteiger partial charge in [-0.15, -0.1) is 0 Å². The lowest BCUT2D eigenvalue weighted by Gasteiger charge is -2.13. The second-order valence-corrected chi connectivity index (χ2v) is 6.83. The molecule has 27 heavy (non-hydrogen) atoms. The zero-order valence-electron chi connectivity index (χ0n) is 16.1. The maximum Gasteiger partial charge on any atom is 0.332 e. The Kier molecular flexibility index (Phi) is 4.70. The summed E-state index contributed by atoms with van der Waals surface area (Å²) in [7, 11) is 2.94. The van der Waals surface area contributed by atoms with Crippen LogP contribution in [0.1, 0.15) is 32.7 Å². The Balaban J connectivity index is 1.93. The van der Waals surface area contributed by atoms with Crippen molar-refractivity contribution in [3.05, 3.63) is 73.1 Å². The van der Waals surface area contributed by atoms with E-state index in [0.29, 0.717) is 11.9 Å². The Bertz CT molecular complexity index is 1170. The molecule has 3 aromatic rings.